The van der Waals surface area contributed by atoms with Crippen LogP contribution < -0.4 is 5.32 Å². The number of hydrogen-bond acceptors (Lipinski definition) is 3. The van der Waals surface area contributed by atoms with Crippen molar-refractivity contribution in [3.63, 3.8) is 0 Å². The molecule has 1 fully saturated rings. The summed E-state index contributed by atoms with van der Waals surface area (Å²) in [6, 6.07) is 0.0482. The lowest BCUT2D eigenvalue weighted by Crippen LogP contribution is -2.39. The molecule has 0 aromatic rings. The van der Waals surface area contributed by atoms with Crippen molar-refractivity contribution in [3.05, 3.63) is 0 Å². The third kappa shape index (κ3) is 3.18. The van der Waals surface area contributed by atoms with Crippen molar-refractivity contribution in [1.29, 1.82) is 0 Å². The lowest BCUT2D eigenvalue weighted by atomic mass is 10.0. The van der Waals surface area contributed by atoms with E-state index in [0.29, 0.717) is 12.3 Å². The molecule has 88 valence electrons. The van der Waals surface area contributed by atoms with E-state index < -0.39 is 0 Å². The summed E-state index contributed by atoms with van der Waals surface area (Å²) in [5, 5.41) is 12.2. The third-order valence-corrected chi connectivity index (χ3v) is 3.21. The van der Waals surface area contributed by atoms with Crippen LogP contribution in [0.4, 0.5) is 0 Å². The van der Waals surface area contributed by atoms with E-state index >= 15 is 0 Å². The molecule has 15 heavy (non-hydrogen) atoms. The van der Waals surface area contributed by atoms with Crippen molar-refractivity contribution in [2.75, 3.05) is 26.7 Å². The van der Waals surface area contributed by atoms with Crippen LogP contribution in [0.25, 0.3) is 0 Å². The predicted octanol–water partition coefficient (Wildman–Crippen LogP) is 0.215. The maximum atomic E-state index is 11.8. The number of amides is 1. The molecule has 1 aliphatic rings. The zero-order valence-corrected chi connectivity index (χ0v) is 9.70. The molecule has 4 nitrogen and oxygen atoms in total. The number of carbonyl (C=O) groups excluding carboxylic acids is 1. The van der Waals surface area contributed by atoms with E-state index in [1.54, 1.807) is 0 Å². The molecule has 1 amide bonds. The number of carbonyl (C=O) groups is 1. The van der Waals surface area contributed by atoms with Gasteiger partial charge in [0.25, 0.3) is 0 Å². The topological polar surface area (TPSA) is 52.6 Å². The first-order valence-electron chi connectivity index (χ1n) is 5.75. The number of aliphatic hydroxyl groups is 1. The Morgan fingerprint density at radius 2 is 2.33 bits per heavy atom. The summed E-state index contributed by atoms with van der Waals surface area (Å²) in [6.07, 6.45) is 2.48. The molecule has 0 aliphatic carbocycles. The van der Waals surface area contributed by atoms with Crippen LogP contribution in [0.3, 0.4) is 0 Å². The third-order valence-electron chi connectivity index (χ3n) is 3.21. The molecule has 4 heteroatoms. The molecular formula is C11H22N2O2. The molecular weight excluding hydrogens is 192 g/mol. The maximum absolute atomic E-state index is 11.8. The second-order valence-electron chi connectivity index (χ2n) is 4.31. The van der Waals surface area contributed by atoms with Gasteiger partial charge in [-0.3, -0.25) is 4.79 Å². The minimum absolute atomic E-state index is 0.0482. The highest BCUT2D eigenvalue weighted by atomic mass is 16.3. The molecule has 0 radical (unpaired) electrons. The van der Waals surface area contributed by atoms with Gasteiger partial charge in [0.1, 0.15) is 0 Å². The van der Waals surface area contributed by atoms with E-state index in [9.17, 15) is 9.90 Å². The summed E-state index contributed by atoms with van der Waals surface area (Å²) >= 11 is 0. The van der Waals surface area contributed by atoms with E-state index in [-0.39, 0.29) is 18.6 Å². The van der Waals surface area contributed by atoms with Gasteiger partial charge in [-0.25, -0.2) is 0 Å². The van der Waals surface area contributed by atoms with Gasteiger partial charge in [-0.1, -0.05) is 6.92 Å². The molecule has 2 atom stereocenters. The fourth-order valence-electron chi connectivity index (χ4n) is 2.16. The number of nitrogens with zero attached hydrogens (tertiary/aromatic N) is 1. The van der Waals surface area contributed by atoms with Gasteiger partial charge in [0, 0.05) is 13.0 Å². The number of likely N-dealkylation sites (tertiary alicyclic amines) is 1. The predicted molar refractivity (Wildman–Crippen MR) is 59.5 cm³/mol. The Labute approximate surface area is 91.6 Å². The first-order valence-corrected chi connectivity index (χ1v) is 5.75. The summed E-state index contributed by atoms with van der Waals surface area (Å²) in [6.45, 7) is 3.88. The Morgan fingerprint density at radius 3 is 2.93 bits per heavy atom. The van der Waals surface area contributed by atoms with Crippen molar-refractivity contribution < 1.29 is 9.90 Å². The van der Waals surface area contributed by atoms with Gasteiger partial charge in [-0.05, 0) is 32.4 Å². The quantitative estimate of drug-likeness (QED) is 0.644. The zero-order valence-electron chi connectivity index (χ0n) is 9.70. The number of hydrogen-bond donors (Lipinski definition) is 2. The fraction of sp³-hybridized carbons (Fsp3) is 0.909. The Morgan fingerprint density at radius 1 is 1.60 bits per heavy atom. The molecule has 0 aromatic heterocycles. The highest BCUT2D eigenvalue weighted by Crippen LogP contribution is 2.24. The molecule has 1 saturated heterocycles. The summed E-state index contributed by atoms with van der Waals surface area (Å²) in [4.78, 5) is 13.7. The number of nitrogens with one attached hydrogen (secondary N) is 1. The van der Waals surface area contributed by atoms with Crippen LogP contribution in [0.15, 0.2) is 0 Å². The van der Waals surface area contributed by atoms with Crippen LogP contribution in [-0.2, 0) is 4.79 Å². The second kappa shape index (κ2) is 6.08. The van der Waals surface area contributed by atoms with Crippen molar-refractivity contribution in [1.82, 2.24) is 10.2 Å². The van der Waals surface area contributed by atoms with Crippen molar-refractivity contribution in [3.8, 4) is 0 Å². The fourth-order valence-corrected chi connectivity index (χ4v) is 2.16. The van der Waals surface area contributed by atoms with Crippen LogP contribution in [0, 0.1) is 5.92 Å². The van der Waals surface area contributed by atoms with Gasteiger partial charge < -0.3 is 15.3 Å². The van der Waals surface area contributed by atoms with Crippen molar-refractivity contribution >= 4 is 5.91 Å². The van der Waals surface area contributed by atoms with Crippen LogP contribution in [0.2, 0.25) is 0 Å². The molecule has 1 aliphatic heterocycles. The monoisotopic (exact) mass is 214 g/mol. The van der Waals surface area contributed by atoms with Crippen LogP contribution in [0.5, 0.6) is 0 Å². The normalized spacial score (nSPS) is 25.9. The Hall–Kier alpha value is -0.610. The van der Waals surface area contributed by atoms with Gasteiger partial charge in [-0.2, -0.15) is 0 Å². The summed E-state index contributed by atoms with van der Waals surface area (Å²) < 4.78 is 0. The summed E-state index contributed by atoms with van der Waals surface area (Å²) in [7, 11) is 1.89. The summed E-state index contributed by atoms with van der Waals surface area (Å²) in [5.41, 5.74) is 0. The van der Waals surface area contributed by atoms with Gasteiger partial charge >= 0.3 is 0 Å². The highest BCUT2D eigenvalue weighted by Gasteiger charge is 2.33. The second-order valence-corrected chi connectivity index (χ2v) is 4.31. The van der Waals surface area contributed by atoms with Gasteiger partial charge in [0.2, 0.25) is 5.91 Å². The molecule has 2 N–H and O–H groups in total. The number of rotatable bonds is 5. The minimum atomic E-state index is 0.0482. The van der Waals surface area contributed by atoms with Gasteiger partial charge in [0.05, 0.1) is 12.6 Å². The molecule has 2 unspecified atom stereocenters. The SMILES string of the molecule is CNCCCC(=O)N1CCC(C)C1CO. The van der Waals surface area contributed by atoms with Gasteiger partial charge in [0.15, 0.2) is 0 Å². The Kier molecular flexibility index (Phi) is 5.05. The first-order chi connectivity index (χ1) is 7.20. The Bertz CT molecular complexity index is 209. The first kappa shape index (κ1) is 12.5. The summed E-state index contributed by atoms with van der Waals surface area (Å²) in [5.74, 6) is 0.622. The Balaban J connectivity index is 2.38. The highest BCUT2D eigenvalue weighted by molar-refractivity contribution is 5.76. The maximum Gasteiger partial charge on any atom is 0.222 e. The molecule has 1 rings (SSSR count). The van der Waals surface area contributed by atoms with E-state index in [0.717, 1.165) is 25.9 Å². The minimum Gasteiger partial charge on any atom is -0.394 e. The number of aliphatic hydroxyl groups excluding tert-OH is 1. The van der Waals surface area contributed by atoms with Crippen LogP contribution in [0.1, 0.15) is 26.2 Å². The molecule has 0 aromatic carbocycles. The standard InChI is InChI=1S/C11H22N2O2/c1-9-5-7-13(10(9)8-14)11(15)4-3-6-12-2/h9-10,12,14H,3-8H2,1-2H3. The van der Waals surface area contributed by atoms with Crippen LogP contribution >= 0.6 is 0 Å². The largest absolute Gasteiger partial charge is 0.394 e. The van der Waals surface area contributed by atoms with Gasteiger partial charge in [-0.15, -0.1) is 0 Å². The zero-order chi connectivity index (χ0) is 11.3. The lowest BCUT2D eigenvalue weighted by molar-refractivity contribution is -0.133. The smallest absolute Gasteiger partial charge is 0.222 e. The molecule has 0 saturated carbocycles. The molecule has 0 bridgehead atoms. The average molecular weight is 214 g/mol. The van der Waals surface area contributed by atoms with E-state index in [2.05, 4.69) is 12.2 Å². The van der Waals surface area contributed by atoms with E-state index in [4.69, 9.17) is 0 Å². The van der Waals surface area contributed by atoms with Crippen molar-refractivity contribution in [2.24, 2.45) is 5.92 Å². The van der Waals surface area contributed by atoms with Crippen LogP contribution in [-0.4, -0.2) is 48.7 Å². The van der Waals surface area contributed by atoms with E-state index in [1.165, 1.54) is 0 Å². The van der Waals surface area contributed by atoms with E-state index in [1.807, 2.05) is 11.9 Å². The molecule has 1 heterocycles. The van der Waals surface area contributed by atoms with Crippen molar-refractivity contribution in [2.45, 2.75) is 32.2 Å². The molecule has 0 spiro atoms. The lowest BCUT2D eigenvalue weighted by Gasteiger charge is -2.25. The average Bonchev–Trinajstić information content (AvgIpc) is 2.59.